The fourth-order valence-corrected chi connectivity index (χ4v) is 3.01. The van der Waals surface area contributed by atoms with Crippen molar-refractivity contribution >= 4 is 18.0 Å². The van der Waals surface area contributed by atoms with E-state index >= 15 is 0 Å². The summed E-state index contributed by atoms with van der Waals surface area (Å²) in [5, 5.41) is 0. The van der Waals surface area contributed by atoms with Crippen LogP contribution in [0.3, 0.4) is 0 Å². The number of amides is 1. The quantitative estimate of drug-likeness (QED) is 0.514. The van der Waals surface area contributed by atoms with Gasteiger partial charge in [-0.2, -0.15) is 0 Å². The van der Waals surface area contributed by atoms with Crippen molar-refractivity contribution < 1.29 is 28.5 Å². The number of carbonyl (C=O) groups is 2. The van der Waals surface area contributed by atoms with Crippen LogP contribution in [-0.2, 0) is 14.3 Å². The Morgan fingerprint density at radius 3 is 2.63 bits per heavy atom. The highest BCUT2D eigenvalue weighted by molar-refractivity contribution is 5.89. The molecule has 0 aromatic heterocycles. The van der Waals surface area contributed by atoms with Crippen LogP contribution in [0.2, 0.25) is 0 Å². The van der Waals surface area contributed by atoms with Crippen LogP contribution >= 0.6 is 0 Å². The van der Waals surface area contributed by atoms with Gasteiger partial charge in [-0.3, -0.25) is 4.79 Å². The summed E-state index contributed by atoms with van der Waals surface area (Å²) in [7, 11) is 3.22. The molecular formula is C23H25NO6. The summed E-state index contributed by atoms with van der Waals surface area (Å²) < 4.78 is 21.5. The Bertz CT molecular complexity index is 908. The number of hydrogen-bond acceptors (Lipinski definition) is 6. The SMILES string of the molecule is COc1cc(/C=C/C(=O)OCC(=O)N(C)[C@H](C)c2ccccc2)cc2c1OCCO2. The van der Waals surface area contributed by atoms with Crippen LogP contribution in [0.4, 0.5) is 0 Å². The van der Waals surface area contributed by atoms with Crippen LogP contribution in [0.15, 0.2) is 48.5 Å². The third-order valence-electron chi connectivity index (χ3n) is 4.86. The zero-order valence-corrected chi connectivity index (χ0v) is 17.3. The van der Waals surface area contributed by atoms with Crippen molar-refractivity contribution in [2.75, 3.05) is 34.0 Å². The van der Waals surface area contributed by atoms with Crippen molar-refractivity contribution in [3.63, 3.8) is 0 Å². The Morgan fingerprint density at radius 1 is 1.17 bits per heavy atom. The second kappa shape index (κ2) is 9.82. The van der Waals surface area contributed by atoms with E-state index in [0.29, 0.717) is 36.0 Å². The second-order valence-electron chi connectivity index (χ2n) is 6.78. The molecule has 1 atom stereocenters. The number of esters is 1. The molecule has 1 amide bonds. The lowest BCUT2D eigenvalue weighted by molar-refractivity contribution is -0.148. The zero-order valence-electron chi connectivity index (χ0n) is 17.3. The number of fused-ring (bicyclic) bond motifs is 1. The molecule has 0 N–H and O–H groups in total. The van der Waals surface area contributed by atoms with Gasteiger partial charge in [-0.25, -0.2) is 4.79 Å². The Balaban J connectivity index is 1.56. The molecule has 0 bridgehead atoms. The Labute approximate surface area is 175 Å². The third kappa shape index (κ3) is 5.11. The van der Waals surface area contributed by atoms with E-state index in [1.54, 1.807) is 30.2 Å². The van der Waals surface area contributed by atoms with Crippen molar-refractivity contribution in [1.29, 1.82) is 0 Å². The molecule has 0 radical (unpaired) electrons. The van der Waals surface area contributed by atoms with Gasteiger partial charge in [0, 0.05) is 13.1 Å². The molecule has 7 heteroatoms. The van der Waals surface area contributed by atoms with Crippen molar-refractivity contribution in [2.45, 2.75) is 13.0 Å². The maximum Gasteiger partial charge on any atom is 0.331 e. The molecule has 7 nitrogen and oxygen atoms in total. The van der Waals surface area contributed by atoms with Crippen molar-refractivity contribution in [3.8, 4) is 17.2 Å². The number of hydrogen-bond donors (Lipinski definition) is 0. The summed E-state index contributed by atoms with van der Waals surface area (Å²) in [4.78, 5) is 26.0. The van der Waals surface area contributed by atoms with Crippen molar-refractivity contribution in [3.05, 3.63) is 59.7 Å². The number of benzene rings is 2. The van der Waals surface area contributed by atoms with Gasteiger partial charge in [0.25, 0.3) is 5.91 Å². The lowest BCUT2D eigenvalue weighted by Crippen LogP contribution is -2.33. The fraction of sp³-hybridized carbons (Fsp3) is 0.304. The number of methoxy groups -OCH3 is 1. The van der Waals surface area contributed by atoms with E-state index in [1.807, 2.05) is 37.3 Å². The Kier molecular flexibility index (Phi) is 6.95. The van der Waals surface area contributed by atoms with Gasteiger partial charge in [-0.1, -0.05) is 30.3 Å². The van der Waals surface area contributed by atoms with E-state index in [4.69, 9.17) is 18.9 Å². The highest BCUT2D eigenvalue weighted by atomic mass is 16.6. The topological polar surface area (TPSA) is 74.3 Å². The summed E-state index contributed by atoms with van der Waals surface area (Å²) in [6.07, 6.45) is 2.84. The molecule has 2 aromatic carbocycles. The number of carbonyl (C=O) groups excluding carboxylic acids is 2. The highest BCUT2D eigenvalue weighted by Crippen LogP contribution is 2.40. The maximum absolute atomic E-state index is 12.4. The van der Waals surface area contributed by atoms with Crippen LogP contribution in [0.1, 0.15) is 24.1 Å². The minimum Gasteiger partial charge on any atom is -0.493 e. The predicted octanol–water partition coefficient (Wildman–Crippen LogP) is 3.24. The molecule has 0 saturated heterocycles. The van der Waals surface area contributed by atoms with Gasteiger partial charge in [-0.15, -0.1) is 0 Å². The molecule has 0 saturated carbocycles. The number of ether oxygens (including phenoxy) is 4. The largest absolute Gasteiger partial charge is 0.493 e. The molecule has 0 aliphatic carbocycles. The average Bonchev–Trinajstić information content (AvgIpc) is 2.80. The first kappa shape index (κ1) is 21.2. The van der Waals surface area contributed by atoms with Gasteiger partial charge in [-0.05, 0) is 36.3 Å². The minimum absolute atomic E-state index is 0.127. The molecule has 30 heavy (non-hydrogen) atoms. The molecule has 0 spiro atoms. The first-order chi connectivity index (χ1) is 14.5. The Morgan fingerprint density at radius 2 is 1.90 bits per heavy atom. The standard InChI is InChI=1S/C23H25NO6/c1-16(18-7-5-4-6-8-18)24(2)21(25)15-30-22(26)10-9-17-13-19(27-3)23-20(14-17)28-11-12-29-23/h4-10,13-14,16H,11-12,15H2,1-3H3/b10-9+/t16-/m1/s1. The Hall–Kier alpha value is -3.48. The van der Waals surface area contributed by atoms with Crippen LogP contribution < -0.4 is 14.2 Å². The van der Waals surface area contributed by atoms with Crippen LogP contribution in [0, 0.1) is 0 Å². The molecule has 0 fully saturated rings. The van der Waals surface area contributed by atoms with Crippen LogP contribution in [0.5, 0.6) is 17.2 Å². The third-order valence-corrected chi connectivity index (χ3v) is 4.86. The molecule has 1 aliphatic rings. The second-order valence-corrected chi connectivity index (χ2v) is 6.78. The van der Waals surface area contributed by atoms with Gasteiger partial charge < -0.3 is 23.8 Å². The summed E-state index contributed by atoms with van der Waals surface area (Å²) in [5.41, 5.74) is 1.70. The lowest BCUT2D eigenvalue weighted by atomic mass is 10.1. The van der Waals surface area contributed by atoms with Crippen LogP contribution in [0.25, 0.3) is 6.08 Å². The van der Waals surface area contributed by atoms with Gasteiger partial charge in [0.1, 0.15) is 13.2 Å². The summed E-state index contributed by atoms with van der Waals surface area (Å²) in [6, 6.07) is 13.0. The van der Waals surface area contributed by atoms with Crippen molar-refractivity contribution in [2.24, 2.45) is 0 Å². The number of likely N-dealkylation sites (N-methyl/N-ethyl adjacent to an activating group) is 1. The normalized spacial score (nSPS) is 13.6. The van der Waals surface area contributed by atoms with Crippen molar-refractivity contribution in [1.82, 2.24) is 4.90 Å². The maximum atomic E-state index is 12.4. The average molecular weight is 411 g/mol. The van der Waals surface area contributed by atoms with Gasteiger partial charge in [0.05, 0.1) is 13.2 Å². The smallest absolute Gasteiger partial charge is 0.331 e. The molecule has 1 aliphatic heterocycles. The number of rotatable bonds is 7. The first-order valence-electron chi connectivity index (χ1n) is 9.62. The zero-order chi connectivity index (χ0) is 21.5. The monoisotopic (exact) mass is 411 g/mol. The van der Waals surface area contributed by atoms with E-state index < -0.39 is 5.97 Å². The molecule has 2 aromatic rings. The summed E-state index contributed by atoms with van der Waals surface area (Å²) in [5.74, 6) is 0.726. The minimum atomic E-state index is -0.613. The lowest BCUT2D eigenvalue weighted by Gasteiger charge is -2.25. The molecule has 1 heterocycles. The van der Waals surface area contributed by atoms with Gasteiger partial charge >= 0.3 is 5.97 Å². The highest BCUT2D eigenvalue weighted by Gasteiger charge is 2.19. The van der Waals surface area contributed by atoms with Crippen LogP contribution in [-0.4, -0.2) is 50.8 Å². The molecule has 0 unspecified atom stereocenters. The van der Waals surface area contributed by atoms with Gasteiger partial charge in [0.2, 0.25) is 5.75 Å². The molecule has 158 valence electrons. The fourth-order valence-electron chi connectivity index (χ4n) is 3.01. The van der Waals surface area contributed by atoms with Gasteiger partial charge in [0.15, 0.2) is 18.1 Å². The summed E-state index contributed by atoms with van der Waals surface area (Å²) in [6.45, 7) is 2.49. The van der Waals surface area contributed by atoms with E-state index in [9.17, 15) is 9.59 Å². The van der Waals surface area contributed by atoms with E-state index in [-0.39, 0.29) is 18.6 Å². The van der Waals surface area contributed by atoms with E-state index in [2.05, 4.69) is 0 Å². The molecule has 3 rings (SSSR count). The first-order valence-corrected chi connectivity index (χ1v) is 9.62. The van der Waals surface area contributed by atoms with E-state index in [0.717, 1.165) is 5.56 Å². The molecular weight excluding hydrogens is 386 g/mol. The number of nitrogens with zero attached hydrogens (tertiary/aromatic N) is 1. The predicted molar refractivity (Wildman–Crippen MR) is 112 cm³/mol. The summed E-state index contributed by atoms with van der Waals surface area (Å²) >= 11 is 0. The van der Waals surface area contributed by atoms with E-state index in [1.165, 1.54) is 13.2 Å².